The first-order chi connectivity index (χ1) is 8.77. The van der Waals surface area contributed by atoms with Gasteiger partial charge in [0.1, 0.15) is 6.04 Å². The van der Waals surface area contributed by atoms with Crippen LogP contribution in [0.3, 0.4) is 0 Å². The van der Waals surface area contributed by atoms with E-state index >= 15 is 0 Å². The molecule has 0 saturated heterocycles. The summed E-state index contributed by atoms with van der Waals surface area (Å²) in [4.78, 5) is 33.2. The minimum absolute atomic E-state index is 0.161. The fourth-order valence-corrected chi connectivity index (χ4v) is 1.31. The molecular formula is C11H20N2O6. The maximum absolute atomic E-state index is 11.4. The number of carbonyl (C=O) groups is 3. The molecule has 8 heteroatoms. The number of amides is 2. The predicted molar refractivity (Wildman–Crippen MR) is 65.4 cm³/mol. The summed E-state index contributed by atoms with van der Waals surface area (Å²) in [6.45, 7) is 3.31. The Balaban J connectivity index is 4.31. The van der Waals surface area contributed by atoms with Crippen molar-refractivity contribution in [3.63, 3.8) is 0 Å². The third-order valence-corrected chi connectivity index (χ3v) is 2.24. The first-order valence-electron chi connectivity index (χ1n) is 5.81. The van der Waals surface area contributed by atoms with Crippen LogP contribution in [0.5, 0.6) is 0 Å². The Morgan fingerprint density at radius 3 is 2.26 bits per heavy atom. The monoisotopic (exact) mass is 276 g/mol. The van der Waals surface area contributed by atoms with E-state index in [0.717, 1.165) is 0 Å². The lowest BCUT2D eigenvalue weighted by molar-refractivity contribution is -0.146. The second-order valence-corrected chi connectivity index (χ2v) is 4.41. The van der Waals surface area contributed by atoms with Gasteiger partial charge in [0.25, 0.3) is 0 Å². The topological polar surface area (TPSA) is 125 Å². The highest BCUT2D eigenvalue weighted by Crippen LogP contribution is 2.05. The van der Waals surface area contributed by atoms with Crippen LogP contribution < -0.4 is 10.6 Å². The van der Waals surface area contributed by atoms with Crippen molar-refractivity contribution in [2.24, 2.45) is 5.92 Å². The first kappa shape index (κ1) is 17.2. The van der Waals surface area contributed by atoms with Crippen LogP contribution in [0.25, 0.3) is 0 Å². The number of nitrogens with one attached hydrogen (secondary N) is 2. The van der Waals surface area contributed by atoms with Crippen LogP contribution >= 0.6 is 0 Å². The molecule has 0 rings (SSSR count). The number of urea groups is 1. The number of aliphatic carboxylic acids is 1. The van der Waals surface area contributed by atoms with Crippen molar-refractivity contribution < 1.29 is 29.3 Å². The molecule has 0 aromatic carbocycles. The molecular weight excluding hydrogens is 256 g/mol. The van der Waals surface area contributed by atoms with E-state index in [9.17, 15) is 14.4 Å². The second-order valence-electron chi connectivity index (χ2n) is 4.41. The minimum Gasteiger partial charge on any atom is -0.479 e. The molecule has 2 atom stereocenters. The van der Waals surface area contributed by atoms with Gasteiger partial charge in [-0.15, -0.1) is 0 Å². The molecule has 0 aromatic heterocycles. The number of aliphatic hydroxyl groups is 1. The summed E-state index contributed by atoms with van der Waals surface area (Å²) in [6.07, 6.45) is -1.30. The normalized spacial score (nSPS) is 13.5. The van der Waals surface area contributed by atoms with Crippen molar-refractivity contribution >= 4 is 18.0 Å². The summed E-state index contributed by atoms with van der Waals surface area (Å²) in [5.74, 6) is -1.86. The summed E-state index contributed by atoms with van der Waals surface area (Å²) in [6, 6.07) is -1.55. The van der Waals surface area contributed by atoms with Gasteiger partial charge in [0, 0.05) is 0 Å². The average molecular weight is 276 g/mol. The van der Waals surface area contributed by atoms with Crippen LogP contribution in [0.2, 0.25) is 0 Å². The molecule has 2 amide bonds. The lowest BCUT2D eigenvalue weighted by Crippen LogP contribution is -2.49. The van der Waals surface area contributed by atoms with Gasteiger partial charge in [0.15, 0.2) is 6.10 Å². The quantitative estimate of drug-likeness (QED) is 0.456. The van der Waals surface area contributed by atoms with E-state index < -0.39 is 36.7 Å². The lowest BCUT2D eigenvalue weighted by Gasteiger charge is -2.18. The van der Waals surface area contributed by atoms with Crippen LogP contribution in [0.1, 0.15) is 20.3 Å². The first-order valence-corrected chi connectivity index (χ1v) is 5.81. The molecule has 0 aliphatic rings. The summed E-state index contributed by atoms with van der Waals surface area (Å²) in [5.41, 5.74) is 0. The van der Waals surface area contributed by atoms with E-state index in [1.54, 1.807) is 0 Å². The van der Waals surface area contributed by atoms with Gasteiger partial charge in [-0.25, -0.2) is 14.4 Å². The van der Waals surface area contributed by atoms with E-state index in [-0.39, 0.29) is 5.92 Å². The van der Waals surface area contributed by atoms with Gasteiger partial charge in [-0.05, 0) is 12.3 Å². The number of carboxylic acids is 1. The Morgan fingerprint density at radius 2 is 1.84 bits per heavy atom. The number of hydrogen-bond acceptors (Lipinski definition) is 5. The highest BCUT2D eigenvalue weighted by Gasteiger charge is 2.23. The molecule has 0 aromatic rings. The zero-order valence-electron chi connectivity index (χ0n) is 11.2. The Bertz CT molecular complexity index is 331. The molecule has 4 N–H and O–H groups in total. The maximum atomic E-state index is 11.4. The van der Waals surface area contributed by atoms with E-state index in [4.69, 9.17) is 10.2 Å². The highest BCUT2D eigenvalue weighted by atomic mass is 16.5. The van der Waals surface area contributed by atoms with E-state index in [1.165, 1.54) is 7.11 Å². The van der Waals surface area contributed by atoms with E-state index in [2.05, 4.69) is 15.4 Å². The van der Waals surface area contributed by atoms with Gasteiger partial charge < -0.3 is 25.6 Å². The molecule has 0 heterocycles. The van der Waals surface area contributed by atoms with Crippen molar-refractivity contribution in [2.45, 2.75) is 32.4 Å². The fourth-order valence-electron chi connectivity index (χ4n) is 1.31. The number of esters is 1. The van der Waals surface area contributed by atoms with Crippen LogP contribution in [0.4, 0.5) is 4.79 Å². The number of carboxylic acid groups (broad SMARTS) is 1. The second kappa shape index (κ2) is 8.30. The Kier molecular flexibility index (Phi) is 7.50. The summed E-state index contributed by atoms with van der Waals surface area (Å²) in [5, 5.41) is 21.9. The molecule has 0 fully saturated rings. The Morgan fingerprint density at radius 1 is 1.26 bits per heavy atom. The third-order valence-electron chi connectivity index (χ3n) is 2.24. The van der Waals surface area contributed by atoms with Crippen LogP contribution in [-0.2, 0) is 14.3 Å². The molecule has 1 unspecified atom stereocenters. The van der Waals surface area contributed by atoms with Gasteiger partial charge in [-0.2, -0.15) is 0 Å². The van der Waals surface area contributed by atoms with Crippen LogP contribution in [0.15, 0.2) is 0 Å². The zero-order chi connectivity index (χ0) is 15.0. The van der Waals surface area contributed by atoms with Crippen molar-refractivity contribution in [3.05, 3.63) is 0 Å². The van der Waals surface area contributed by atoms with Crippen LogP contribution in [0, 0.1) is 5.92 Å². The summed E-state index contributed by atoms with van der Waals surface area (Å²) < 4.78 is 4.55. The SMILES string of the molecule is COC(=O)C(CC(C)C)NC(=O)NC[C@H](O)C(=O)O. The van der Waals surface area contributed by atoms with Gasteiger partial charge in [-0.1, -0.05) is 13.8 Å². The largest absolute Gasteiger partial charge is 0.479 e. The van der Waals surface area contributed by atoms with Crippen molar-refractivity contribution in [1.29, 1.82) is 0 Å². The number of ether oxygens (including phenoxy) is 1. The Labute approximate surface area is 111 Å². The van der Waals surface area contributed by atoms with E-state index in [1.807, 2.05) is 13.8 Å². The number of carbonyl (C=O) groups excluding carboxylic acids is 2. The number of aliphatic hydroxyl groups excluding tert-OH is 1. The molecule has 110 valence electrons. The van der Waals surface area contributed by atoms with Crippen LogP contribution in [-0.4, -0.2) is 54.0 Å². The van der Waals surface area contributed by atoms with Gasteiger partial charge in [0.05, 0.1) is 13.7 Å². The molecule has 0 saturated carbocycles. The van der Waals surface area contributed by atoms with Gasteiger partial charge in [0.2, 0.25) is 0 Å². The molecule has 0 spiro atoms. The molecule has 0 bridgehead atoms. The van der Waals surface area contributed by atoms with Crippen molar-refractivity contribution in [1.82, 2.24) is 10.6 Å². The van der Waals surface area contributed by atoms with Crippen molar-refractivity contribution in [2.75, 3.05) is 13.7 Å². The third kappa shape index (κ3) is 7.24. The molecule has 8 nitrogen and oxygen atoms in total. The average Bonchev–Trinajstić information content (AvgIpc) is 2.33. The maximum Gasteiger partial charge on any atom is 0.334 e. The minimum atomic E-state index is -1.69. The van der Waals surface area contributed by atoms with Gasteiger partial charge >= 0.3 is 18.0 Å². The smallest absolute Gasteiger partial charge is 0.334 e. The highest BCUT2D eigenvalue weighted by molar-refractivity contribution is 5.83. The van der Waals surface area contributed by atoms with Gasteiger partial charge in [-0.3, -0.25) is 0 Å². The Hall–Kier alpha value is -1.83. The fraction of sp³-hybridized carbons (Fsp3) is 0.727. The molecule has 0 aliphatic heterocycles. The zero-order valence-corrected chi connectivity index (χ0v) is 11.2. The number of hydrogen-bond donors (Lipinski definition) is 4. The van der Waals surface area contributed by atoms with Crippen molar-refractivity contribution in [3.8, 4) is 0 Å². The predicted octanol–water partition coefficient (Wildman–Crippen LogP) is -0.681. The summed E-state index contributed by atoms with van der Waals surface area (Å²) in [7, 11) is 1.21. The lowest BCUT2D eigenvalue weighted by atomic mass is 10.0. The van der Waals surface area contributed by atoms with E-state index in [0.29, 0.717) is 6.42 Å². The molecule has 0 aliphatic carbocycles. The molecule has 0 radical (unpaired) electrons. The summed E-state index contributed by atoms with van der Waals surface area (Å²) >= 11 is 0. The number of rotatable bonds is 7. The number of methoxy groups -OCH3 is 1. The molecule has 19 heavy (non-hydrogen) atoms. The standard InChI is InChI=1S/C11H20N2O6/c1-6(2)4-7(10(17)19-3)13-11(18)12-5-8(14)9(15)16/h6-8,14H,4-5H2,1-3H3,(H,15,16)(H2,12,13,18)/t7?,8-/m0/s1.